The Bertz CT molecular complexity index is 1270. The summed E-state index contributed by atoms with van der Waals surface area (Å²) in [6, 6.07) is 21.9. The molecule has 0 fully saturated rings. The molecule has 0 saturated carbocycles. The van der Waals surface area contributed by atoms with Crippen LogP contribution in [0.1, 0.15) is 24.3 Å². The molecular formula is C24H20N4O2. The highest BCUT2D eigenvalue weighted by molar-refractivity contribution is 5.65. The van der Waals surface area contributed by atoms with Gasteiger partial charge in [0.15, 0.2) is 5.82 Å². The van der Waals surface area contributed by atoms with Gasteiger partial charge in [-0.3, -0.25) is 0 Å². The first kappa shape index (κ1) is 18.1. The zero-order valence-corrected chi connectivity index (χ0v) is 16.5. The highest BCUT2D eigenvalue weighted by Gasteiger charge is 2.10. The minimum absolute atomic E-state index is 0.523. The Labute approximate surface area is 173 Å². The fourth-order valence-electron chi connectivity index (χ4n) is 3.30. The molecule has 148 valence electrons. The van der Waals surface area contributed by atoms with Gasteiger partial charge >= 0.3 is 0 Å². The van der Waals surface area contributed by atoms with E-state index in [0.29, 0.717) is 12.3 Å². The van der Waals surface area contributed by atoms with Crippen LogP contribution in [0, 0.1) is 0 Å². The van der Waals surface area contributed by atoms with Gasteiger partial charge in [-0.25, -0.2) is 4.98 Å². The Hall–Kier alpha value is -3.93. The number of aryl methyl sites for hydroxylation is 1. The van der Waals surface area contributed by atoms with Crippen LogP contribution in [0.25, 0.3) is 16.8 Å². The van der Waals surface area contributed by atoms with Crippen molar-refractivity contribution in [2.75, 3.05) is 0 Å². The Morgan fingerprint density at radius 3 is 2.37 bits per heavy atom. The maximum Gasteiger partial charge on any atom is 0.232 e. The third kappa shape index (κ3) is 3.80. The molecule has 0 N–H and O–H groups in total. The van der Waals surface area contributed by atoms with Crippen molar-refractivity contribution in [3.8, 4) is 22.6 Å². The number of imidazole rings is 1. The van der Waals surface area contributed by atoms with E-state index < -0.39 is 0 Å². The summed E-state index contributed by atoms with van der Waals surface area (Å²) in [5.41, 5.74) is 3.99. The van der Waals surface area contributed by atoms with Crippen LogP contribution in [-0.4, -0.2) is 19.5 Å². The summed E-state index contributed by atoms with van der Waals surface area (Å²) in [5.74, 6) is 2.94. The van der Waals surface area contributed by atoms with Gasteiger partial charge in [-0.15, -0.1) is 0 Å². The van der Waals surface area contributed by atoms with Crippen LogP contribution >= 0.6 is 0 Å². The number of fused-ring (bicyclic) bond motifs is 1. The second-order valence-corrected chi connectivity index (χ2v) is 6.99. The zero-order chi connectivity index (χ0) is 20.3. The molecular weight excluding hydrogens is 376 g/mol. The van der Waals surface area contributed by atoms with Crippen molar-refractivity contribution in [1.82, 2.24) is 19.5 Å². The standard InChI is InChI=1S/C24H20N4O2/c1-2-22-26-24(30-27-22)14-19-16-28-15-18(10-13-23(28)25-19)17-8-11-21(12-9-17)29-20-6-4-3-5-7-20/h3-13,15-16H,2,14H2,1H3. The van der Waals surface area contributed by atoms with Gasteiger partial charge in [-0.2, -0.15) is 4.98 Å². The van der Waals surface area contributed by atoms with Gasteiger partial charge in [0.25, 0.3) is 0 Å². The lowest BCUT2D eigenvalue weighted by Gasteiger charge is -2.07. The highest BCUT2D eigenvalue weighted by atomic mass is 16.5. The summed E-state index contributed by atoms with van der Waals surface area (Å²) in [5, 5.41) is 3.94. The summed E-state index contributed by atoms with van der Waals surface area (Å²) in [4.78, 5) is 9.01. The van der Waals surface area contributed by atoms with Gasteiger partial charge in [-0.1, -0.05) is 42.4 Å². The fraction of sp³-hybridized carbons (Fsp3) is 0.125. The van der Waals surface area contributed by atoms with E-state index in [1.807, 2.05) is 66.1 Å². The summed E-state index contributed by atoms with van der Waals surface area (Å²) < 4.78 is 13.2. The first-order valence-electron chi connectivity index (χ1n) is 9.89. The maximum atomic E-state index is 5.87. The molecule has 3 aromatic heterocycles. The van der Waals surface area contributed by atoms with Crippen molar-refractivity contribution in [2.24, 2.45) is 0 Å². The third-order valence-electron chi connectivity index (χ3n) is 4.83. The Kier molecular flexibility index (Phi) is 4.73. The van der Waals surface area contributed by atoms with Crippen LogP contribution in [0.2, 0.25) is 0 Å². The molecule has 3 heterocycles. The van der Waals surface area contributed by atoms with Gasteiger partial charge in [-0.05, 0) is 47.5 Å². The van der Waals surface area contributed by atoms with Gasteiger partial charge < -0.3 is 13.7 Å². The summed E-state index contributed by atoms with van der Waals surface area (Å²) in [6.07, 6.45) is 5.36. The average Bonchev–Trinajstić information content (AvgIpc) is 3.41. The number of ether oxygens (including phenoxy) is 1. The van der Waals surface area contributed by atoms with Crippen molar-refractivity contribution in [3.05, 3.63) is 96.5 Å². The number of aromatic nitrogens is 4. The van der Waals surface area contributed by atoms with E-state index in [2.05, 4.69) is 39.5 Å². The molecule has 5 rings (SSSR count). The molecule has 0 aliphatic rings. The summed E-state index contributed by atoms with van der Waals surface area (Å²) in [7, 11) is 0. The fourth-order valence-corrected chi connectivity index (χ4v) is 3.30. The van der Waals surface area contributed by atoms with E-state index in [-0.39, 0.29) is 0 Å². The van der Waals surface area contributed by atoms with E-state index in [0.717, 1.165) is 46.2 Å². The first-order chi connectivity index (χ1) is 14.8. The smallest absolute Gasteiger partial charge is 0.232 e. The number of benzene rings is 2. The van der Waals surface area contributed by atoms with Crippen LogP contribution < -0.4 is 4.74 Å². The molecule has 0 spiro atoms. The quantitative estimate of drug-likeness (QED) is 0.388. The van der Waals surface area contributed by atoms with E-state index in [1.165, 1.54) is 0 Å². The lowest BCUT2D eigenvalue weighted by Crippen LogP contribution is -1.89. The van der Waals surface area contributed by atoms with Gasteiger partial charge in [0.1, 0.15) is 17.1 Å². The lowest BCUT2D eigenvalue weighted by molar-refractivity contribution is 0.379. The molecule has 30 heavy (non-hydrogen) atoms. The van der Waals surface area contributed by atoms with Crippen molar-refractivity contribution in [1.29, 1.82) is 0 Å². The van der Waals surface area contributed by atoms with Crippen LogP contribution in [-0.2, 0) is 12.8 Å². The van der Waals surface area contributed by atoms with Crippen molar-refractivity contribution in [2.45, 2.75) is 19.8 Å². The molecule has 0 saturated heterocycles. The largest absolute Gasteiger partial charge is 0.457 e. The first-order valence-corrected chi connectivity index (χ1v) is 9.89. The normalized spacial score (nSPS) is 11.1. The number of nitrogens with zero attached hydrogens (tertiary/aromatic N) is 4. The average molecular weight is 396 g/mol. The summed E-state index contributed by atoms with van der Waals surface area (Å²) in [6.45, 7) is 2.00. The minimum atomic E-state index is 0.523. The van der Waals surface area contributed by atoms with Crippen LogP contribution in [0.15, 0.2) is 83.6 Å². The van der Waals surface area contributed by atoms with Crippen LogP contribution in [0.5, 0.6) is 11.5 Å². The molecule has 2 aromatic carbocycles. The lowest BCUT2D eigenvalue weighted by atomic mass is 10.1. The SMILES string of the molecule is CCc1noc(Cc2cn3cc(-c4ccc(Oc5ccccc5)cc4)ccc3n2)n1. The number of rotatable bonds is 6. The van der Waals surface area contributed by atoms with Crippen LogP contribution in [0.4, 0.5) is 0 Å². The molecule has 0 bridgehead atoms. The Morgan fingerprint density at radius 1 is 0.833 bits per heavy atom. The predicted octanol–water partition coefficient (Wildman–Crippen LogP) is 5.33. The van der Waals surface area contributed by atoms with Crippen molar-refractivity contribution >= 4 is 5.65 Å². The summed E-state index contributed by atoms with van der Waals surface area (Å²) >= 11 is 0. The van der Waals surface area contributed by atoms with Gasteiger partial charge in [0.05, 0.1) is 12.1 Å². The maximum absolute atomic E-state index is 5.87. The topological polar surface area (TPSA) is 65.5 Å². The monoisotopic (exact) mass is 396 g/mol. The second kappa shape index (κ2) is 7.83. The van der Waals surface area contributed by atoms with E-state index in [4.69, 9.17) is 9.26 Å². The zero-order valence-electron chi connectivity index (χ0n) is 16.5. The number of para-hydroxylation sites is 1. The van der Waals surface area contributed by atoms with Crippen LogP contribution in [0.3, 0.4) is 0 Å². The second-order valence-electron chi connectivity index (χ2n) is 6.99. The van der Waals surface area contributed by atoms with Gasteiger partial charge in [0, 0.05) is 18.8 Å². The number of hydrogen-bond acceptors (Lipinski definition) is 5. The van der Waals surface area contributed by atoms with Crippen molar-refractivity contribution in [3.63, 3.8) is 0 Å². The molecule has 6 nitrogen and oxygen atoms in total. The third-order valence-corrected chi connectivity index (χ3v) is 4.83. The molecule has 0 unspecified atom stereocenters. The molecule has 6 heteroatoms. The molecule has 0 atom stereocenters. The predicted molar refractivity (Wildman–Crippen MR) is 114 cm³/mol. The Balaban J connectivity index is 1.35. The van der Waals surface area contributed by atoms with Gasteiger partial charge in [0.2, 0.25) is 5.89 Å². The molecule has 0 aliphatic carbocycles. The van der Waals surface area contributed by atoms with E-state index in [1.54, 1.807) is 0 Å². The highest BCUT2D eigenvalue weighted by Crippen LogP contribution is 2.26. The van der Waals surface area contributed by atoms with E-state index >= 15 is 0 Å². The number of pyridine rings is 1. The Morgan fingerprint density at radius 2 is 1.60 bits per heavy atom. The molecule has 0 aliphatic heterocycles. The minimum Gasteiger partial charge on any atom is -0.457 e. The number of hydrogen-bond donors (Lipinski definition) is 0. The van der Waals surface area contributed by atoms with Crippen molar-refractivity contribution < 1.29 is 9.26 Å². The molecule has 0 radical (unpaired) electrons. The van der Waals surface area contributed by atoms with E-state index in [9.17, 15) is 0 Å². The molecule has 5 aromatic rings. The molecule has 0 amide bonds.